The highest BCUT2D eigenvalue weighted by Crippen LogP contribution is 2.31. The van der Waals surface area contributed by atoms with Crippen LogP contribution in [0.2, 0.25) is 0 Å². The van der Waals surface area contributed by atoms with E-state index in [1.54, 1.807) is 0 Å². The summed E-state index contributed by atoms with van der Waals surface area (Å²) in [5, 5.41) is 3.83. The molecular weight excluding hydrogens is 444 g/mol. The summed E-state index contributed by atoms with van der Waals surface area (Å²) in [5.41, 5.74) is 3.95. The third-order valence-electron chi connectivity index (χ3n) is 8.54. The molecular formula is C31H44N4O. The number of nitrogens with zero attached hydrogens (tertiary/aromatic N) is 3. The van der Waals surface area contributed by atoms with Crippen LogP contribution in [0.5, 0.6) is 0 Å². The van der Waals surface area contributed by atoms with Crippen LogP contribution in [0.4, 0.5) is 5.69 Å². The van der Waals surface area contributed by atoms with Gasteiger partial charge in [0.25, 0.3) is 0 Å². The van der Waals surface area contributed by atoms with Crippen molar-refractivity contribution in [1.82, 2.24) is 15.1 Å². The van der Waals surface area contributed by atoms with Gasteiger partial charge in [-0.25, -0.2) is 0 Å². The Kier molecular flexibility index (Phi) is 8.60. The zero-order chi connectivity index (χ0) is 24.7. The zero-order valence-electron chi connectivity index (χ0n) is 22.1. The summed E-state index contributed by atoms with van der Waals surface area (Å²) in [5.74, 6) is 1.73. The van der Waals surface area contributed by atoms with Crippen LogP contribution < -0.4 is 10.2 Å². The molecule has 3 saturated heterocycles. The number of hydrogen-bond acceptors (Lipinski definition) is 4. The van der Waals surface area contributed by atoms with Gasteiger partial charge in [0.05, 0.1) is 0 Å². The maximum absolute atomic E-state index is 12.9. The molecule has 3 fully saturated rings. The number of likely N-dealkylation sites (tertiary alicyclic amines) is 1. The van der Waals surface area contributed by atoms with Gasteiger partial charge < -0.3 is 15.1 Å². The predicted molar refractivity (Wildman–Crippen MR) is 148 cm³/mol. The van der Waals surface area contributed by atoms with Gasteiger partial charge >= 0.3 is 0 Å². The Hall–Kier alpha value is -2.37. The van der Waals surface area contributed by atoms with E-state index < -0.39 is 0 Å². The molecule has 3 atom stereocenters. The summed E-state index contributed by atoms with van der Waals surface area (Å²) in [6.07, 6.45) is 7.99. The SMILES string of the molecule is CN(Cc1ccc(N2CCCCC2)cc1)C(=O)CCC[C@H]1NC[C@@H]2C[C@H]1CN(Cc1ccccc1)C2. The van der Waals surface area contributed by atoms with Gasteiger partial charge in [0.1, 0.15) is 0 Å². The topological polar surface area (TPSA) is 38.8 Å². The number of fused-ring (bicyclic) bond motifs is 2. The summed E-state index contributed by atoms with van der Waals surface area (Å²) in [6, 6.07) is 20.3. The molecule has 0 spiro atoms. The van der Waals surface area contributed by atoms with Crippen LogP contribution >= 0.6 is 0 Å². The monoisotopic (exact) mass is 488 g/mol. The van der Waals surface area contributed by atoms with Crippen LogP contribution in [0.25, 0.3) is 0 Å². The molecule has 194 valence electrons. The van der Waals surface area contributed by atoms with Crippen molar-refractivity contribution < 1.29 is 4.79 Å². The maximum atomic E-state index is 12.9. The second-order valence-electron chi connectivity index (χ2n) is 11.4. The number of rotatable bonds is 9. The first-order valence-electron chi connectivity index (χ1n) is 14.2. The van der Waals surface area contributed by atoms with Gasteiger partial charge in [-0.15, -0.1) is 0 Å². The quantitative estimate of drug-likeness (QED) is 0.544. The van der Waals surface area contributed by atoms with E-state index in [-0.39, 0.29) is 5.91 Å². The lowest BCUT2D eigenvalue weighted by Gasteiger charge is -2.46. The number of carbonyl (C=O) groups excluding carboxylic acids is 1. The smallest absolute Gasteiger partial charge is 0.222 e. The van der Waals surface area contributed by atoms with Crippen molar-refractivity contribution >= 4 is 11.6 Å². The summed E-state index contributed by atoms with van der Waals surface area (Å²) >= 11 is 0. The number of carbonyl (C=O) groups is 1. The van der Waals surface area contributed by atoms with Gasteiger partial charge in [-0.05, 0) is 80.2 Å². The molecule has 0 aliphatic carbocycles. The highest BCUT2D eigenvalue weighted by Gasteiger charge is 2.36. The molecule has 5 rings (SSSR count). The average molecular weight is 489 g/mol. The highest BCUT2D eigenvalue weighted by molar-refractivity contribution is 5.75. The number of benzene rings is 2. The lowest BCUT2D eigenvalue weighted by molar-refractivity contribution is -0.130. The minimum atomic E-state index is 0.262. The summed E-state index contributed by atoms with van der Waals surface area (Å²) < 4.78 is 0. The number of piperidine rings is 3. The first kappa shape index (κ1) is 25.3. The van der Waals surface area contributed by atoms with Crippen LogP contribution in [-0.4, -0.2) is 61.5 Å². The Morgan fingerprint density at radius 1 is 0.972 bits per heavy atom. The fourth-order valence-electron chi connectivity index (χ4n) is 6.57. The molecule has 0 aromatic heterocycles. The van der Waals surface area contributed by atoms with Gasteiger partial charge in [-0.3, -0.25) is 9.69 Å². The number of amides is 1. The van der Waals surface area contributed by atoms with E-state index in [0.29, 0.717) is 24.9 Å². The molecule has 1 N–H and O–H groups in total. The standard InChI is InChI=1S/C31H44N4O/c1-33(21-26-13-15-29(16-14-26)35-17-6-3-7-18-35)31(36)12-8-11-30-28-19-27(20-32-30)23-34(24-28)22-25-9-4-2-5-10-25/h2,4-5,9-10,13-16,27-28,30,32H,3,6-8,11-12,17-24H2,1H3/t27-,28-,30+/m0/s1. The third kappa shape index (κ3) is 6.68. The summed E-state index contributed by atoms with van der Waals surface area (Å²) in [6.45, 7) is 7.58. The van der Waals surface area contributed by atoms with Gasteiger partial charge in [-0.2, -0.15) is 0 Å². The molecule has 3 aliphatic heterocycles. The molecule has 0 radical (unpaired) electrons. The van der Waals surface area contributed by atoms with E-state index in [1.165, 1.54) is 68.7 Å². The molecule has 36 heavy (non-hydrogen) atoms. The Balaban J connectivity index is 1.05. The van der Waals surface area contributed by atoms with E-state index in [0.717, 1.165) is 31.8 Å². The van der Waals surface area contributed by atoms with Crippen molar-refractivity contribution in [3.63, 3.8) is 0 Å². The fourth-order valence-corrected chi connectivity index (χ4v) is 6.57. The largest absolute Gasteiger partial charge is 0.372 e. The van der Waals surface area contributed by atoms with Crippen LogP contribution in [0.15, 0.2) is 54.6 Å². The van der Waals surface area contributed by atoms with Crippen molar-refractivity contribution in [2.75, 3.05) is 44.7 Å². The number of nitrogens with one attached hydrogen (secondary N) is 1. The molecule has 0 unspecified atom stereocenters. The van der Waals surface area contributed by atoms with Crippen molar-refractivity contribution in [2.45, 2.75) is 64.1 Å². The highest BCUT2D eigenvalue weighted by atomic mass is 16.2. The Bertz CT molecular complexity index is 956. The first-order valence-corrected chi connectivity index (χ1v) is 14.2. The Labute approximate surface area is 217 Å². The molecule has 5 nitrogen and oxygen atoms in total. The first-order chi connectivity index (χ1) is 17.6. The normalized spacial score (nSPS) is 24.5. The van der Waals surface area contributed by atoms with Gasteiger partial charge in [0.2, 0.25) is 5.91 Å². The molecule has 0 saturated carbocycles. The maximum Gasteiger partial charge on any atom is 0.222 e. The second-order valence-corrected chi connectivity index (χ2v) is 11.4. The lowest BCUT2D eigenvalue weighted by atomic mass is 9.79. The Morgan fingerprint density at radius 3 is 2.53 bits per heavy atom. The van der Waals surface area contributed by atoms with Crippen molar-refractivity contribution in [1.29, 1.82) is 0 Å². The van der Waals surface area contributed by atoms with Gasteiger partial charge in [-0.1, -0.05) is 42.5 Å². The van der Waals surface area contributed by atoms with Crippen LogP contribution in [0, 0.1) is 11.8 Å². The summed E-state index contributed by atoms with van der Waals surface area (Å²) in [7, 11) is 1.95. The van der Waals surface area contributed by atoms with Crippen molar-refractivity contribution in [3.8, 4) is 0 Å². The molecule has 3 aliphatic rings. The molecule has 2 aromatic rings. The van der Waals surface area contributed by atoms with Gasteiger partial charge in [0, 0.05) is 64.5 Å². The third-order valence-corrected chi connectivity index (χ3v) is 8.54. The Morgan fingerprint density at radius 2 is 1.75 bits per heavy atom. The zero-order valence-corrected chi connectivity index (χ0v) is 22.1. The van der Waals surface area contributed by atoms with E-state index in [2.05, 4.69) is 69.7 Å². The van der Waals surface area contributed by atoms with Crippen molar-refractivity contribution in [2.24, 2.45) is 11.8 Å². The molecule has 2 aromatic carbocycles. The predicted octanol–water partition coefficient (Wildman–Crippen LogP) is 4.92. The van der Waals surface area contributed by atoms with E-state index in [4.69, 9.17) is 0 Å². The van der Waals surface area contributed by atoms with Crippen LogP contribution in [-0.2, 0) is 17.9 Å². The van der Waals surface area contributed by atoms with Crippen molar-refractivity contribution in [3.05, 3.63) is 65.7 Å². The van der Waals surface area contributed by atoms with Crippen LogP contribution in [0.3, 0.4) is 0 Å². The minimum Gasteiger partial charge on any atom is -0.372 e. The minimum absolute atomic E-state index is 0.262. The number of hydrogen-bond donors (Lipinski definition) is 1. The molecule has 5 heteroatoms. The van der Waals surface area contributed by atoms with E-state index in [9.17, 15) is 4.79 Å². The number of anilines is 1. The van der Waals surface area contributed by atoms with E-state index >= 15 is 0 Å². The molecule has 2 bridgehead atoms. The van der Waals surface area contributed by atoms with Crippen LogP contribution in [0.1, 0.15) is 56.1 Å². The van der Waals surface area contributed by atoms with E-state index in [1.807, 2.05) is 11.9 Å². The lowest BCUT2D eigenvalue weighted by Crippen LogP contribution is -2.55. The fraction of sp³-hybridized carbons (Fsp3) is 0.581. The molecule has 1 amide bonds. The average Bonchev–Trinajstić information content (AvgIpc) is 2.91. The molecule has 3 heterocycles. The van der Waals surface area contributed by atoms with Gasteiger partial charge in [0.15, 0.2) is 0 Å². The summed E-state index contributed by atoms with van der Waals surface area (Å²) in [4.78, 5) is 19.9. The second kappa shape index (κ2) is 12.2.